The molecule has 2 rings (SSSR count). The number of benzene rings is 1. The third-order valence-corrected chi connectivity index (χ3v) is 5.00. The lowest BCUT2D eigenvalue weighted by Crippen LogP contribution is -2.42. The number of thiazole rings is 1. The molecule has 0 radical (unpaired) electrons. The first-order valence-corrected chi connectivity index (χ1v) is 8.03. The van der Waals surface area contributed by atoms with Crippen molar-refractivity contribution in [2.24, 2.45) is 0 Å². The first-order valence-electron chi connectivity index (χ1n) is 7.22. The molecule has 0 bridgehead atoms. The zero-order chi connectivity index (χ0) is 15.5. The summed E-state index contributed by atoms with van der Waals surface area (Å²) in [7, 11) is 0. The van der Waals surface area contributed by atoms with Crippen molar-refractivity contribution in [1.82, 2.24) is 10.3 Å². The predicted molar refractivity (Wildman–Crippen MR) is 88.5 cm³/mol. The highest BCUT2D eigenvalue weighted by molar-refractivity contribution is 7.11. The second-order valence-electron chi connectivity index (χ2n) is 6.59. The number of nitrogens with one attached hydrogen (secondary N) is 1. The van der Waals surface area contributed by atoms with Gasteiger partial charge < -0.3 is 10.4 Å². The Morgan fingerprint density at radius 2 is 1.81 bits per heavy atom. The monoisotopic (exact) mass is 304 g/mol. The molecule has 0 saturated heterocycles. The van der Waals surface area contributed by atoms with Crippen LogP contribution in [0.5, 0.6) is 0 Å². The molecule has 0 spiro atoms. The molecule has 1 unspecified atom stereocenters. The molecular formula is C17H24N2OS. The van der Waals surface area contributed by atoms with Crippen LogP contribution in [0.3, 0.4) is 0 Å². The number of aromatic nitrogens is 1. The third kappa shape index (κ3) is 3.90. The fraction of sp³-hybridized carbons (Fsp3) is 0.471. The van der Waals surface area contributed by atoms with Gasteiger partial charge in [-0.3, -0.25) is 0 Å². The SMILES string of the molecule is CC(C)(C)c1ncc(CNC(C)(CO)c2ccccc2)s1. The number of aliphatic hydroxyl groups excluding tert-OH is 1. The van der Waals surface area contributed by atoms with Crippen molar-refractivity contribution in [3.63, 3.8) is 0 Å². The summed E-state index contributed by atoms with van der Waals surface area (Å²) in [5.41, 5.74) is 0.739. The maximum atomic E-state index is 9.78. The molecule has 3 nitrogen and oxygen atoms in total. The number of hydrogen-bond donors (Lipinski definition) is 2. The zero-order valence-corrected chi connectivity index (χ0v) is 14.0. The molecule has 21 heavy (non-hydrogen) atoms. The Bertz CT molecular complexity index is 574. The molecule has 0 aliphatic heterocycles. The molecular weight excluding hydrogens is 280 g/mol. The van der Waals surface area contributed by atoms with Gasteiger partial charge in [0.1, 0.15) is 0 Å². The summed E-state index contributed by atoms with van der Waals surface area (Å²) >= 11 is 1.73. The Morgan fingerprint density at radius 1 is 1.14 bits per heavy atom. The van der Waals surface area contributed by atoms with E-state index in [0.29, 0.717) is 6.54 Å². The van der Waals surface area contributed by atoms with Gasteiger partial charge in [0.15, 0.2) is 0 Å². The average Bonchev–Trinajstić information content (AvgIpc) is 2.95. The van der Waals surface area contributed by atoms with Crippen LogP contribution >= 0.6 is 11.3 Å². The minimum Gasteiger partial charge on any atom is -0.394 e. The zero-order valence-electron chi connectivity index (χ0n) is 13.2. The molecule has 0 fully saturated rings. The van der Waals surface area contributed by atoms with Crippen LogP contribution < -0.4 is 5.32 Å². The maximum Gasteiger partial charge on any atom is 0.0981 e. The van der Waals surface area contributed by atoms with Crippen LogP contribution in [-0.4, -0.2) is 16.7 Å². The smallest absolute Gasteiger partial charge is 0.0981 e. The second-order valence-corrected chi connectivity index (χ2v) is 7.71. The van der Waals surface area contributed by atoms with E-state index in [9.17, 15) is 5.11 Å². The fourth-order valence-corrected chi connectivity index (χ4v) is 2.98. The Morgan fingerprint density at radius 3 is 2.33 bits per heavy atom. The van der Waals surface area contributed by atoms with Crippen LogP contribution in [-0.2, 0) is 17.5 Å². The van der Waals surface area contributed by atoms with Gasteiger partial charge in [0.25, 0.3) is 0 Å². The van der Waals surface area contributed by atoms with E-state index >= 15 is 0 Å². The van der Waals surface area contributed by atoms with Crippen molar-refractivity contribution in [3.05, 3.63) is 52.0 Å². The maximum absolute atomic E-state index is 9.78. The predicted octanol–water partition coefficient (Wildman–Crippen LogP) is 3.44. The highest BCUT2D eigenvalue weighted by atomic mass is 32.1. The van der Waals surface area contributed by atoms with Crippen molar-refractivity contribution >= 4 is 11.3 Å². The molecule has 4 heteroatoms. The molecule has 1 aromatic heterocycles. The average molecular weight is 304 g/mol. The van der Waals surface area contributed by atoms with Crippen molar-refractivity contribution in [3.8, 4) is 0 Å². The molecule has 1 heterocycles. The summed E-state index contributed by atoms with van der Waals surface area (Å²) in [4.78, 5) is 5.69. The normalized spacial score (nSPS) is 14.9. The van der Waals surface area contributed by atoms with Gasteiger partial charge >= 0.3 is 0 Å². The van der Waals surface area contributed by atoms with Gasteiger partial charge in [0, 0.05) is 23.0 Å². The lowest BCUT2D eigenvalue weighted by atomic mass is 9.93. The van der Waals surface area contributed by atoms with Crippen molar-refractivity contribution in [1.29, 1.82) is 0 Å². The minimum atomic E-state index is -0.437. The van der Waals surface area contributed by atoms with E-state index in [0.717, 1.165) is 10.6 Å². The molecule has 1 atom stereocenters. The summed E-state index contributed by atoms with van der Waals surface area (Å²) in [6, 6.07) is 10.1. The number of rotatable bonds is 5. The summed E-state index contributed by atoms with van der Waals surface area (Å²) in [6.07, 6.45) is 1.93. The molecule has 2 N–H and O–H groups in total. The summed E-state index contributed by atoms with van der Waals surface area (Å²) < 4.78 is 0. The Hall–Kier alpha value is -1.23. The highest BCUT2D eigenvalue weighted by Gasteiger charge is 2.25. The van der Waals surface area contributed by atoms with Gasteiger partial charge in [0.05, 0.1) is 17.2 Å². The van der Waals surface area contributed by atoms with Gasteiger partial charge in [-0.05, 0) is 12.5 Å². The van der Waals surface area contributed by atoms with Gasteiger partial charge in [-0.2, -0.15) is 0 Å². The van der Waals surface area contributed by atoms with Crippen LogP contribution in [0.1, 0.15) is 43.1 Å². The van der Waals surface area contributed by atoms with Gasteiger partial charge in [-0.15, -0.1) is 11.3 Å². The molecule has 114 valence electrons. The van der Waals surface area contributed by atoms with E-state index in [1.165, 1.54) is 4.88 Å². The molecule has 0 amide bonds. The quantitative estimate of drug-likeness (QED) is 0.889. The van der Waals surface area contributed by atoms with Gasteiger partial charge in [-0.1, -0.05) is 51.1 Å². The summed E-state index contributed by atoms with van der Waals surface area (Å²) in [6.45, 7) is 9.30. The highest BCUT2D eigenvalue weighted by Crippen LogP contribution is 2.27. The second kappa shape index (κ2) is 6.26. The van der Waals surface area contributed by atoms with E-state index in [-0.39, 0.29) is 12.0 Å². The molecule has 0 aliphatic rings. The van der Waals surface area contributed by atoms with E-state index in [1.807, 2.05) is 43.5 Å². The van der Waals surface area contributed by atoms with E-state index < -0.39 is 5.54 Å². The standard InChI is InChI=1S/C17H24N2OS/c1-16(2,3)15-18-10-14(21-15)11-19-17(4,12-20)13-8-6-5-7-9-13/h5-10,19-20H,11-12H2,1-4H3. The van der Waals surface area contributed by atoms with Crippen LogP contribution in [0.25, 0.3) is 0 Å². The van der Waals surface area contributed by atoms with Crippen LogP contribution in [0, 0.1) is 0 Å². The Balaban J connectivity index is 2.09. The Labute approximate surface area is 131 Å². The number of aliphatic hydroxyl groups is 1. The van der Waals surface area contributed by atoms with Crippen LogP contribution in [0.4, 0.5) is 0 Å². The van der Waals surface area contributed by atoms with Crippen molar-refractivity contribution in [2.75, 3.05) is 6.61 Å². The van der Waals surface area contributed by atoms with E-state index in [1.54, 1.807) is 11.3 Å². The number of nitrogens with zero attached hydrogens (tertiary/aromatic N) is 1. The van der Waals surface area contributed by atoms with Gasteiger partial charge in [0.2, 0.25) is 0 Å². The lowest BCUT2D eigenvalue weighted by molar-refractivity contribution is 0.174. The number of hydrogen-bond acceptors (Lipinski definition) is 4. The van der Waals surface area contributed by atoms with Crippen LogP contribution in [0.2, 0.25) is 0 Å². The van der Waals surface area contributed by atoms with Crippen molar-refractivity contribution < 1.29 is 5.11 Å². The van der Waals surface area contributed by atoms with E-state index in [4.69, 9.17) is 0 Å². The van der Waals surface area contributed by atoms with Gasteiger partial charge in [-0.25, -0.2) is 4.98 Å². The molecule has 2 aromatic rings. The van der Waals surface area contributed by atoms with Crippen molar-refractivity contribution in [2.45, 2.75) is 45.2 Å². The lowest BCUT2D eigenvalue weighted by Gasteiger charge is -2.29. The summed E-state index contributed by atoms with van der Waals surface area (Å²) in [5.74, 6) is 0. The fourth-order valence-electron chi connectivity index (χ4n) is 2.07. The molecule has 0 aliphatic carbocycles. The first-order chi connectivity index (χ1) is 9.85. The van der Waals surface area contributed by atoms with Crippen LogP contribution in [0.15, 0.2) is 36.5 Å². The minimum absolute atomic E-state index is 0.0575. The molecule has 0 saturated carbocycles. The summed E-state index contributed by atoms with van der Waals surface area (Å²) in [5, 5.41) is 14.4. The molecule has 1 aromatic carbocycles. The third-order valence-electron chi connectivity index (χ3n) is 3.58. The Kier molecular flexibility index (Phi) is 4.81. The van der Waals surface area contributed by atoms with E-state index in [2.05, 4.69) is 31.1 Å². The largest absolute Gasteiger partial charge is 0.394 e. The first kappa shape index (κ1) is 16.1. The topological polar surface area (TPSA) is 45.2 Å².